The van der Waals surface area contributed by atoms with Crippen LogP contribution in [-0.2, 0) is 6.54 Å². The van der Waals surface area contributed by atoms with Crippen LogP contribution in [0.3, 0.4) is 0 Å². The maximum atomic E-state index is 6.24. The van der Waals surface area contributed by atoms with Gasteiger partial charge in [0.15, 0.2) is 0 Å². The van der Waals surface area contributed by atoms with Gasteiger partial charge in [-0.1, -0.05) is 23.7 Å². The summed E-state index contributed by atoms with van der Waals surface area (Å²) in [6, 6.07) is 15.4. The molecule has 4 rings (SSSR count). The molecule has 2 aromatic carbocycles. The Morgan fingerprint density at radius 3 is 2.65 bits per heavy atom. The Labute approximate surface area is 142 Å². The number of fused-ring (bicyclic) bond motifs is 2. The lowest BCUT2D eigenvalue weighted by molar-refractivity contribution is 0.249. The zero-order chi connectivity index (χ0) is 15.8. The Hall–Kier alpha value is -1.71. The molecule has 23 heavy (non-hydrogen) atoms. The molecule has 0 unspecified atom stereocenters. The van der Waals surface area contributed by atoms with E-state index in [2.05, 4.69) is 58.6 Å². The van der Waals surface area contributed by atoms with Crippen molar-refractivity contribution in [1.29, 1.82) is 0 Å². The summed E-state index contributed by atoms with van der Waals surface area (Å²) in [6.45, 7) is 3.24. The fourth-order valence-corrected chi connectivity index (χ4v) is 3.89. The number of para-hydroxylation sites is 2. The Kier molecular flexibility index (Phi) is 3.92. The molecule has 0 bridgehead atoms. The minimum absolute atomic E-state index is 0.582. The van der Waals surface area contributed by atoms with Crippen LogP contribution in [0, 0.1) is 0 Å². The fourth-order valence-electron chi connectivity index (χ4n) is 3.69. The van der Waals surface area contributed by atoms with Gasteiger partial charge in [-0.05, 0) is 68.9 Å². The van der Waals surface area contributed by atoms with Gasteiger partial charge in [0.2, 0.25) is 0 Å². The lowest BCUT2D eigenvalue weighted by Crippen LogP contribution is -2.43. The van der Waals surface area contributed by atoms with E-state index in [0.29, 0.717) is 6.04 Å². The topological polar surface area (TPSA) is 18.5 Å². The molecule has 0 saturated carbocycles. The third-order valence-electron chi connectivity index (χ3n) is 5.02. The number of nitrogens with zero attached hydrogens (tertiary/aromatic N) is 2. The van der Waals surface area contributed by atoms with Crippen LogP contribution < -0.4 is 10.2 Å². The van der Waals surface area contributed by atoms with E-state index >= 15 is 0 Å². The zero-order valence-corrected chi connectivity index (χ0v) is 14.2. The number of piperidine rings is 1. The number of rotatable bonds is 1. The monoisotopic (exact) mass is 327 g/mol. The first-order valence-corrected chi connectivity index (χ1v) is 8.68. The lowest BCUT2D eigenvalue weighted by atomic mass is 10.0. The number of anilines is 3. The number of hydrogen-bond donors (Lipinski definition) is 1. The van der Waals surface area contributed by atoms with Gasteiger partial charge in [-0.2, -0.15) is 0 Å². The van der Waals surface area contributed by atoms with Crippen LogP contribution in [0.15, 0.2) is 42.5 Å². The van der Waals surface area contributed by atoms with Gasteiger partial charge in [0.1, 0.15) is 0 Å². The Morgan fingerprint density at radius 2 is 1.83 bits per heavy atom. The zero-order valence-electron chi connectivity index (χ0n) is 13.4. The van der Waals surface area contributed by atoms with Gasteiger partial charge in [-0.3, -0.25) is 0 Å². The number of hydrogen-bond acceptors (Lipinski definition) is 3. The lowest BCUT2D eigenvalue weighted by Gasteiger charge is -2.38. The van der Waals surface area contributed by atoms with Crippen molar-refractivity contribution in [3.05, 3.63) is 53.1 Å². The summed E-state index contributed by atoms with van der Waals surface area (Å²) in [7, 11) is 2.21. The van der Waals surface area contributed by atoms with Crippen LogP contribution in [-0.4, -0.2) is 31.1 Å². The summed E-state index contributed by atoms with van der Waals surface area (Å²) < 4.78 is 0. The summed E-state index contributed by atoms with van der Waals surface area (Å²) >= 11 is 6.24. The molecular weight excluding hydrogens is 306 g/mol. The SMILES string of the molecule is CN1CCC(N2Cc3cc(Cl)ccc3Nc3ccccc32)CC1. The molecule has 4 heteroatoms. The average molecular weight is 328 g/mol. The summed E-state index contributed by atoms with van der Waals surface area (Å²) in [5.74, 6) is 0. The van der Waals surface area contributed by atoms with Crippen LogP contribution in [0.5, 0.6) is 0 Å². The highest BCUT2D eigenvalue weighted by molar-refractivity contribution is 6.30. The van der Waals surface area contributed by atoms with Gasteiger partial charge in [-0.15, -0.1) is 0 Å². The van der Waals surface area contributed by atoms with E-state index in [1.165, 1.54) is 42.9 Å². The van der Waals surface area contributed by atoms with Gasteiger partial charge in [0.25, 0.3) is 0 Å². The smallest absolute Gasteiger partial charge is 0.0622 e. The van der Waals surface area contributed by atoms with E-state index in [1.807, 2.05) is 6.07 Å². The van der Waals surface area contributed by atoms with E-state index in [-0.39, 0.29) is 0 Å². The maximum Gasteiger partial charge on any atom is 0.0622 e. The molecule has 0 atom stereocenters. The highest BCUT2D eigenvalue weighted by Gasteiger charge is 2.27. The molecular formula is C19H22ClN3. The molecule has 3 nitrogen and oxygen atoms in total. The van der Waals surface area contributed by atoms with E-state index in [0.717, 1.165) is 17.3 Å². The minimum Gasteiger partial charge on any atom is -0.362 e. The standard InChI is InChI=1S/C19H22ClN3/c1-22-10-8-16(9-11-22)23-13-14-12-15(20)6-7-17(14)21-18-4-2-3-5-19(18)23/h2-7,12,16,21H,8-11,13H2,1H3. The second-order valence-corrected chi connectivity index (χ2v) is 7.04. The second-order valence-electron chi connectivity index (χ2n) is 6.61. The third kappa shape index (κ3) is 2.91. The van der Waals surface area contributed by atoms with Crippen molar-refractivity contribution in [3.8, 4) is 0 Å². The second kappa shape index (κ2) is 6.06. The molecule has 2 aliphatic rings. The van der Waals surface area contributed by atoms with Crippen LogP contribution in [0.2, 0.25) is 5.02 Å². The number of nitrogens with one attached hydrogen (secondary N) is 1. The molecule has 0 spiro atoms. The Bertz CT molecular complexity index is 708. The Morgan fingerprint density at radius 1 is 1.04 bits per heavy atom. The highest BCUT2D eigenvalue weighted by Crippen LogP contribution is 2.38. The molecule has 1 N–H and O–H groups in total. The summed E-state index contributed by atoms with van der Waals surface area (Å²) in [5, 5.41) is 4.40. The van der Waals surface area contributed by atoms with Crippen LogP contribution in [0.4, 0.5) is 17.1 Å². The van der Waals surface area contributed by atoms with Gasteiger partial charge in [0, 0.05) is 23.3 Å². The molecule has 2 heterocycles. The van der Waals surface area contributed by atoms with Crippen molar-refractivity contribution < 1.29 is 0 Å². The molecule has 120 valence electrons. The first-order chi connectivity index (χ1) is 11.2. The largest absolute Gasteiger partial charge is 0.362 e. The van der Waals surface area contributed by atoms with Gasteiger partial charge >= 0.3 is 0 Å². The first kappa shape index (κ1) is 14.9. The molecule has 2 aliphatic heterocycles. The summed E-state index contributed by atoms with van der Waals surface area (Å²) in [4.78, 5) is 4.99. The van der Waals surface area contributed by atoms with Gasteiger partial charge in [0.05, 0.1) is 11.4 Å². The quantitative estimate of drug-likeness (QED) is 0.832. The van der Waals surface area contributed by atoms with Gasteiger partial charge < -0.3 is 15.1 Å². The van der Waals surface area contributed by atoms with Crippen molar-refractivity contribution in [3.63, 3.8) is 0 Å². The molecule has 0 aliphatic carbocycles. The molecule has 2 aromatic rings. The number of benzene rings is 2. The minimum atomic E-state index is 0.582. The van der Waals surface area contributed by atoms with Crippen LogP contribution in [0.1, 0.15) is 18.4 Å². The fraction of sp³-hybridized carbons (Fsp3) is 0.368. The summed E-state index contributed by atoms with van der Waals surface area (Å²) in [5.41, 5.74) is 4.92. The van der Waals surface area contributed by atoms with Gasteiger partial charge in [-0.25, -0.2) is 0 Å². The first-order valence-electron chi connectivity index (χ1n) is 8.30. The maximum absolute atomic E-state index is 6.24. The molecule has 0 aromatic heterocycles. The van der Waals surface area contributed by atoms with Crippen molar-refractivity contribution in [2.45, 2.75) is 25.4 Å². The normalized spacial score (nSPS) is 18.8. The van der Waals surface area contributed by atoms with Crippen molar-refractivity contribution >= 4 is 28.7 Å². The third-order valence-corrected chi connectivity index (χ3v) is 5.25. The van der Waals surface area contributed by atoms with E-state index in [1.54, 1.807) is 0 Å². The number of halogens is 1. The molecule has 1 saturated heterocycles. The van der Waals surface area contributed by atoms with Crippen molar-refractivity contribution in [2.75, 3.05) is 30.4 Å². The summed E-state index contributed by atoms with van der Waals surface area (Å²) in [6.07, 6.45) is 2.42. The molecule has 1 fully saturated rings. The van der Waals surface area contributed by atoms with Crippen LogP contribution in [0.25, 0.3) is 0 Å². The Balaban J connectivity index is 1.74. The molecule has 0 amide bonds. The highest BCUT2D eigenvalue weighted by atomic mass is 35.5. The van der Waals surface area contributed by atoms with E-state index in [4.69, 9.17) is 11.6 Å². The predicted molar refractivity (Wildman–Crippen MR) is 97.9 cm³/mol. The average Bonchev–Trinajstić information content (AvgIpc) is 2.72. The van der Waals surface area contributed by atoms with Crippen molar-refractivity contribution in [1.82, 2.24) is 4.90 Å². The van der Waals surface area contributed by atoms with Crippen molar-refractivity contribution in [2.24, 2.45) is 0 Å². The van der Waals surface area contributed by atoms with E-state index < -0.39 is 0 Å². The number of likely N-dealkylation sites (tertiary alicyclic amines) is 1. The van der Waals surface area contributed by atoms with E-state index in [9.17, 15) is 0 Å². The predicted octanol–water partition coefficient (Wildman–Crippen LogP) is 4.50. The molecule has 0 radical (unpaired) electrons. The van der Waals surface area contributed by atoms with Crippen LogP contribution >= 0.6 is 11.6 Å².